The van der Waals surface area contributed by atoms with E-state index in [0.717, 1.165) is 37.5 Å². The van der Waals surface area contributed by atoms with Crippen molar-refractivity contribution in [1.82, 2.24) is 25.5 Å². The third-order valence-corrected chi connectivity index (χ3v) is 2.83. The molecule has 0 unspecified atom stereocenters. The standard InChI is InChI=1S/C13H19N5O/c1-14-8-9-18-16-13(15-17-18)7-6-11-4-3-5-12(10-11)19-2/h3-5,10,14H,6-9H2,1-2H3. The van der Waals surface area contributed by atoms with Gasteiger partial charge in [0.05, 0.1) is 13.7 Å². The first-order valence-electron chi connectivity index (χ1n) is 6.36. The second kappa shape index (κ2) is 6.84. The minimum absolute atomic E-state index is 0.739. The molecule has 1 heterocycles. The maximum atomic E-state index is 5.20. The molecule has 19 heavy (non-hydrogen) atoms. The van der Waals surface area contributed by atoms with Crippen LogP contribution in [0.4, 0.5) is 0 Å². The Bertz CT molecular complexity index is 511. The number of likely N-dealkylation sites (N-methyl/N-ethyl adjacent to an activating group) is 1. The molecular weight excluding hydrogens is 242 g/mol. The van der Waals surface area contributed by atoms with Gasteiger partial charge in [-0.25, -0.2) is 0 Å². The number of hydrogen-bond acceptors (Lipinski definition) is 5. The van der Waals surface area contributed by atoms with Gasteiger partial charge in [-0.2, -0.15) is 4.80 Å². The van der Waals surface area contributed by atoms with Crippen LogP contribution in [0.2, 0.25) is 0 Å². The summed E-state index contributed by atoms with van der Waals surface area (Å²) in [5, 5.41) is 15.4. The molecule has 2 aromatic rings. The molecule has 0 aliphatic heterocycles. The third kappa shape index (κ3) is 4.03. The fraction of sp³-hybridized carbons (Fsp3) is 0.462. The van der Waals surface area contributed by atoms with E-state index in [9.17, 15) is 0 Å². The zero-order chi connectivity index (χ0) is 13.5. The van der Waals surface area contributed by atoms with Crippen LogP contribution in [0.5, 0.6) is 5.75 Å². The van der Waals surface area contributed by atoms with Crippen molar-refractivity contribution in [3.05, 3.63) is 35.7 Å². The van der Waals surface area contributed by atoms with Crippen molar-refractivity contribution >= 4 is 0 Å². The van der Waals surface area contributed by atoms with Crippen LogP contribution in [0.15, 0.2) is 24.3 Å². The van der Waals surface area contributed by atoms with Gasteiger partial charge in [-0.15, -0.1) is 10.2 Å². The van der Waals surface area contributed by atoms with Gasteiger partial charge in [0.15, 0.2) is 5.82 Å². The minimum Gasteiger partial charge on any atom is -0.497 e. The Morgan fingerprint density at radius 1 is 1.32 bits per heavy atom. The molecule has 0 saturated carbocycles. The molecule has 0 radical (unpaired) electrons. The number of nitrogens with one attached hydrogen (secondary N) is 1. The minimum atomic E-state index is 0.739. The molecule has 0 aliphatic carbocycles. The summed E-state index contributed by atoms with van der Waals surface area (Å²) in [7, 11) is 3.58. The number of aromatic nitrogens is 4. The molecular formula is C13H19N5O. The van der Waals surface area contributed by atoms with Crippen LogP contribution in [-0.4, -0.2) is 40.9 Å². The lowest BCUT2D eigenvalue weighted by Gasteiger charge is -2.02. The number of methoxy groups -OCH3 is 1. The third-order valence-electron chi connectivity index (χ3n) is 2.83. The van der Waals surface area contributed by atoms with Gasteiger partial charge in [0.25, 0.3) is 0 Å². The summed E-state index contributed by atoms with van der Waals surface area (Å²) in [6, 6.07) is 8.04. The van der Waals surface area contributed by atoms with Crippen LogP contribution in [-0.2, 0) is 19.4 Å². The van der Waals surface area contributed by atoms with Crippen molar-refractivity contribution in [3.8, 4) is 5.75 Å². The van der Waals surface area contributed by atoms with E-state index >= 15 is 0 Å². The number of rotatable bonds is 7. The lowest BCUT2D eigenvalue weighted by Crippen LogP contribution is -2.16. The number of nitrogens with zero attached hydrogens (tertiary/aromatic N) is 4. The van der Waals surface area contributed by atoms with E-state index < -0.39 is 0 Å². The second-order valence-corrected chi connectivity index (χ2v) is 4.26. The van der Waals surface area contributed by atoms with E-state index in [2.05, 4.69) is 26.8 Å². The van der Waals surface area contributed by atoms with Crippen molar-refractivity contribution < 1.29 is 4.74 Å². The molecule has 1 aromatic carbocycles. The molecule has 2 rings (SSSR count). The Hall–Kier alpha value is -1.95. The van der Waals surface area contributed by atoms with Crippen LogP contribution in [0, 0.1) is 0 Å². The molecule has 1 aromatic heterocycles. The summed E-state index contributed by atoms with van der Waals surface area (Å²) in [5.41, 5.74) is 1.21. The second-order valence-electron chi connectivity index (χ2n) is 4.26. The zero-order valence-electron chi connectivity index (χ0n) is 11.3. The molecule has 6 nitrogen and oxygen atoms in total. The zero-order valence-corrected chi connectivity index (χ0v) is 11.3. The fourth-order valence-corrected chi connectivity index (χ4v) is 1.77. The number of hydrogen-bond donors (Lipinski definition) is 1. The Morgan fingerprint density at radius 3 is 3.00 bits per heavy atom. The smallest absolute Gasteiger partial charge is 0.175 e. The predicted molar refractivity (Wildman–Crippen MR) is 72.1 cm³/mol. The molecule has 0 fully saturated rings. The van der Waals surface area contributed by atoms with Crippen molar-refractivity contribution in [2.75, 3.05) is 20.7 Å². The Morgan fingerprint density at radius 2 is 2.21 bits per heavy atom. The van der Waals surface area contributed by atoms with Crippen molar-refractivity contribution in [2.24, 2.45) is 0 Å². The average molecular weight is 261 g/mol. The number of aryl methyl sites for hydroxylation is 2. The first-order chi connectivity index (χ1) is 9.31. The summed E-state index contributed by atoms with van der Waals surface area (Å²) < 4.78 is 5.20. The highest BCUT2D eigenvalue weighted by atomic mass is 16.5. The van der Waals surface area contributed by atoms with Gasteiger partial charge >= 0.3 is 0 Å². The van der Waals surface area contributed by atoms with Crippen LogP contribution < -0.4 is 10.1 Å². The highest BCUT2D eigenvalue weighted by Gasteiger charge is 2.03. The van der Waals surface area contributed by atoms with Gasteiger partial charge in [0.2, 0.25) is 0 Å². The maximum absolute atomic E-state index is 5.20. The van der Waals surface area contributed by atoms with E-state index in [1.165, 1.54) is 5.56 Å². The van der Waals surface area contributed by atoms with Crippen LogP contribution >= 0.6 is 0 Å². The van der Waals surface area contributed by atoms with E-state index in [1.807, 2.05) is 25.2 Å². The maximum Gasteiger partial charge on any atom is 0.175 e. The number of benzene rings is 1. The van der Waals surface area contributed by atoms with E-state index in [1.54, 1.807) is 11.9 Å². The normalized spacial score (nSPS) is 10.6. The van der Waals surface area contributed by atoms with Gasteiger partial charge in [0.1, 0.15) is 5.75 Å². The Balaban J connectivity index is 1.89. The lowest BCUT2D eigenvalue weighted by molar-refractivity contribution is 0.414. The molecule has 0 atom stereocenters. The van der Waals surface area contributed by atoms with Gasteiger partial charge in [-0.3, -0.25) is 0 Å². The SMILES string of the molecule is CNCCn1nnc(CCc2cccc(OC)c2)n1. The van der Waals surface area contributed by atoms with E-state index in [-0.39, 0.29) is 0 Å². The number of ether oxygens (including phenoxy) is 1. The first-order valence-corrected chi connectivity index (χ1v) is 6.36. The Labute approximate surface area is 112 Å². The summed E-state index contributed by atoms with van der Waals surface area (Å²) in [6.07, 6.45) is 1.67. The molecule has 1 N–H and O–H groups in total. The van der Waals surface area contributed by atoms with Gasteiger partial charge < -0.3 is 10.1 Å². The highest BCUT2D eigenvalue weighted by molar-refractivity contribution is 5.28. The Kier molecular flexibility index (Phi) is 4.85. The highest BCUT2D eigenvalue weighted by Crippen LogP contribution is 2.13. The molecule has 6 heteroatoms. The molecule has 0 saturated heterocycles. The number of tetrazole rings is 1. The topological polar surface area (TPSA) is 64.9 Å². The quantitative estimate of drug-likeness (QED) is 0.794. The molecule has 0 bridgehead atoms. The molecule has 0 spiro atoms. The van der Waals surface area contributed by atoms with E-state index in [0.29, 0.717) is 0 Å². The van der Waals surface area contributed by atoms with E-state index in [4.69, 9.17) is 4.74 Å². The molecule has 0 amide bonds. The van der Waals surface area contributed by atoms with Crippen LogP contribution in [0.1, 0.15) is 11.4 Å². The summed E-state index contributed by atoms with van der Waals surface area (Å²) in [6.45, 7) is 1.58. The van der Waals surface area contributed by atoms with Crippen LogP contribution in [0.3, 0.4) is 0 Å². The van der Waals surface area contributed by atoms with Crippen LogP contribution in [0.25, 0.3) is 0 Å². The van der Waals surface area contributed by atoms with Crippen molar-refractivity contribution in [1.29, 1.82) is 0 Å². The first kappa shape index (κ1) is 13.5. The van der Waals surface area contributed by atoms with Crippen molar-refractivity contribution in [2.45, 2.75) is 19.4 Å². The fourth-order valence-electron chi connectivity index (χ4n) is 1.77. The summed E-state index contributed by atoms with van der Waals surface area (Å²) in [5.74, 6) is 1.65. The predicted octanol–water partition coefficient (Wildman–Crippen LogP) is 0.686. The largest absolute Gasteiger partial charge is 0.497 e. The molecule has 102 valence electrons. The van der Waals surface area contributed by atoms with Gasteiger partial charge in [-0.1, -0.05) is 12.1 Å². The lowest BCUT2D eigenvalue weighted by atomic mass is 10.1. The monoisotopic (exact) mass is 261 g/mol. The summed E-state index contributed by atoms with van der Waals surface area (Å²) >= 11 is 0. The average Bonchev–Trinajstić information content (AvgIpc) is 2.91. The van der Waals surface area contributed by atoms with Gasteiger partial charge in [-0.05, 0) is 36.4 Å². The summed E-state index contributed by atoms with van der Waals surface area (Å²) in [4.78, 5) is 1.62. The molecule has 0 aliphatic rings. The van der Waals surface area contributed by atoms with Crippen molar-refractivity contribution in [3.63, 3.8) is 0 Å². The van der Waals surface area contributed by atoms with Gasteiger partial charge in [0, 0.05) is 13.0 Å².